The first kappa shape index (κ1) is 27.8. The molecule has 2 aromatic carbocycles. The molecule has 2 N–H and O–H groups in total. The average Bonchev–Trinajstić information content (AvgIpc) is 3.18. The van der Waals surface area contributed by atoms with Crippen LogP contribution in [0.1, 0.15) is 72.5 Å². The van der Waals surface area contributed by atoms with Crippen molar-refractivity contribution in [3.05, 3.63) is 69.7 Å². The van der Waals surface area contributed by atoms with Gasteiger partial charge in [-0.1, -0.05) is 43.0 Å². The number of nitrogens with zero attached hydrogens (tertiary/aromatic N) is 2. The van der Waals surface area contributed by atoms with Gasteiger partial charge in [0.25, 0.3) is 11.8 Å². The molecule has 1 fully saturated rings. The lowest BCUT2D eigenvalue weighted by Crippen LogP contribution is -2.51. The van der Waals surface area contributed by atoms with E-state index in [0.29, 0.717) is 40.4 Å². The fraction of sp³-hybridized carbons (Fsp3) is 0.448. The van der Waals surface area contributed by atoms with E-state index in [4.69, 9.17) is 21.7 Å². The van der Waals surface area contributed by atoms with Gasteiger partial charge in [0.15, 0.2) is 0 Å². The number of carbonyl (C=O) groups excluding carboxylic acids is 2. The van der Waals surface area contributed by atoms with Gasteiger partial charge in [0.1, 0.15) is 18.0 Å². The number of alkyl halides is 1. The molecule has 2 aromatic rings. The Labute approximate surface area is 227 Å². The van der Waals surface area contributed by atoms with E-state index >= 15 is 0 Å². The number of aliphatic carboxylic acids is 1. The highest BCUT2D eigenvalue weighted by Gasteiger charge is 2.48. The summed E-state index contributed by atoms with van der Waals surface area (Å²) in [5.41, 5.74) is 1.98. The van der Waals surface area contributed by atoms with Gasteiger partial charge >= 0.3 is 5.97 Å². The summed E-state index contributed by atoms with van der Waals surface area (Å²) >= 11 is 6.23. The molecule has 0 aromatic heterocycles. The normalized spacial score (nSPS) is 19.9. The van der Waals surface area contributed by atoms with Crippen LogP contribution in [-0.2, 0) is 22.7 Å². The lowest BCUT2D eigenvalue weighted by atomic mass is 9.80. The summed E-state index contributed by atoms with van der Waals surface area (Å²) in [5.74, 6) is -1.25. The molecule has 2 aliphatic rings. The van der Waals surface area contributed by atoms with Crippen LogP contribution in [0.4, 0.5) is 4.39 Å². The molecule has 2 amide bonds. The van der Waals surface area contributed by atoms with Crippen molar-refractivity contribution in [1.82, 2.24) is 10.2 Å². The third-order valence-corrected chi connectivity index (χ3v) is 7.78. The molecule has 38 heavy (non-hydrogen) atoms. The number of aliphatic imine (C=N–C) groups is 1. The Morgan fingerprint density at radius 3 is 2.50 bits per heavy atom. The van der Waals surface area contributed by atoms with E-state index < -0.39 is 18.3 Å². The molecule has 7 nitrogen and oxygen atoms in total. The van der Waals surface area contributed by atoms with Crippen molar-refractivity contribution in [2.45, 2.75) is 64.2 Å². The molecule has 1 aliphatic carbocycles. The maximum atomic E-state index is 13.8. The summed E-state index contributed by atoms with van der Waals surface area (Å²) in [6, 6.07) is 12.0. The second-order valence-electron chi connectivity index (χ2n) is 10.2. The van der Waals surface area contributed by atoms with E-state index in [-0.39, 0.29) is 30.7 Å². The number of carboxylic acid groups (broad SMARTS) is 1. The Balaban J connectivity index is 1.52. The van der Waals surface area contributed by atoms with Crippen LogP contribution in [0.3, 0.4) is 0 Å². The average molecular weight is 542 g/mol. The topological polar surface area (TPSA) is 99.1 Å². The molecule has 202 valence electrons. The van der Waals surface area contributed by atoms with Gasteiger partial charge in [-0.05, 0) is 67.6 Å². The summed E-state index contributed by atoms with van der Waals surface area (Å²) in [6.45, 7) is 1.86. The Morgan fingerprint density at radius 1 is 1.13 bits per heavy atom. The number of carboxylic acids is 1. The Bertz CT molecular complexity index is 1230. The molecule has 0 spiro atoms. The predicted molar refractivity (Wildman–Crippen MR) is 144 cm³/mol. The zero-order valence-corrected chi connectivity index (χ0v) is 22.3. The Morgan fingerprint density at radius 2 is 1.84 bits per heavy atom. The maximum Gasteiger partial charge on any atom is 0.305 e. The first-order chi connectivity index (χ1) is 18.2. The van der Waals surface area contributed by atoms with Crippen molar-refractivity contribution in [2.24, 2.45) is 10.9 Å². The SMILES string of the molecule is CC1(C2CCCCC2)N=C(c2cc(Cl)cc(CF)c2)C(=O)N1CCc1ccc(C(=O)NCCC(=O)O)cc1. The van der Waals surface area contributed by atoms with Crippen LogP contribution in [0.5, 0.6) is 0 Å². The number of nitrogens with one attached hydrogen (secondary N) is 1. The van der Waals surface area contributed by atoms with Gasteiger partial charge in [-0.3, -0.25) is 19.4 Å². The molecule has 4 rings (SSSR count). The zero-order valence-electron chi connectivity index (χ0n) is 21.5. The van der Waals surface area contributed by atoms with Crippen LogP contribution in [-0.4, -0.2) is 52.3 Å². The second-order valence-corrected chi connectivity index (χ2v) is 10.6. The van der Waals surface area contributed by atoms with Crippen LogP contribution >= 0.6 is 11.6 Å². The summed E-state index contributed by atoms with van der Waals surface area (Å²) in [4.78, 5) is 43.5. The van der Waals surface area contributed by atoms with Crippen LogP contribution < -0.4 is 5.32 Å². The van der Waals surface area contributed by atoms with Gasteiger partial charge in [-0.15, -0.1) is 0 Å². The van der Waals surface area contributed by atoms with Gasteiger partial charge in [0.2, 0.25) is 0 Å². The van der Waals surface area contributed by atoms with Gasteiger partial charge in [0, 0.05) is 35.2 Å². The minimum Gasteiger partial charge on any atom is -0.481 e. The molecule has 1 heterocycles. The molecule has 1 atom stereocenters. The molecule has 0 radical (unpaired) electrons. The number of hydrogen-bond acceptors (Lipinski definition) is 4. The lowest BCUT2D eigenvalue weighted by molar-refractivity contribution is -0.136. The molecule has 1 saturated carbocycles. The van der Waals surface area contributed by atoms with E-state index in [2.05, 4.69) is 5.32 Å². The summed E-state index contributed by atoms with van der Waals surface area (Å²) < 4.78 is 13.4. The van der Waals surface area contributed by atoms with E-state index in [1.165, 1.54) is 6.42 Å². The van der Waals surface area contributed by atoms with Gasteiger partial charge in [0.05, 0.1) is 6.42 Å². The van der Waals surface area contributed by atoms with E-state index in [0.717, 1.165) is 31.2 Å². The first-order valence-corrected chi connectivity index (χ1v) is 13.5. The van der Waals surface area contributed by atoms with Gasteiger partial charge in [-0.2, -0.15) is 0 Å². The largest absolute Gasteiger partial charge is 0.481 e. The van der Waals surface area contributed by atoms with Crippen LogP contribution in [0.15, 0.2) is 47.5 Å². The fourth-order valence-corrected chi connectivity index (χ4v) is 5.72. The summed E-state index contributed by atoms with van der Waals surface area (Å²) in [6.07, 6.45) is 5.81. The van der Waals surface area contributed by atoms with Crippen LogP contribution in [0, 0.1) is 5.92 Å². The highest BCUT2D eigenvalue weighted by atomic mass is 35.5. The third kappa shape index (κ3) is 6.23. The number of carbonyl (C=O) groups is 3. The molecule has 0 bridgehead atoms. The number of rotatable bonds is 10. The van der Waals surface area contributed by atoms with E-state index in [1.807, 2.05) is 24.0 Å². The van der Waals surface area contributed by atoms with Crippen LogP contribution in [0.2, 0.25) is 5.02 Å². The monoisotopic (exact) mass is 541 g/mol. The summed E-state index contributed by atoms with van der Waals surface area (Å²) in [7, 11) is 0. The Kier molecular flexibility index (Phi) is 8.82. The smallest absolute Gasteiger partial charge is 0.305 e. The number of amides is 2. The lowest BCUT2D eigenvalue weighted by Gasteiger charge is -2.41. The number of benzene rings is 2. The summed E-state index contributed by atoms with van der Waals surface area (Å²) in [5, 5.41) is 11.7. The Hall–Kier alpha value is -3.26. The second kappa shape index (κ2) is 12.1. The number of hydrogen-bond donors (Lipinski definition) is 2. The molecule has 1 unspecified atom stereocenters. The maximum absolute atomic E-state index is 13.8. The van der Waals surface area contributed by atoms with Gasteiger partial charge in [-0.25, -0.2) is 4.39 Å². The molecular weight excluding hydrogens is 509 g/mol. The first-order valence-electron chi connectivity index (χ1n) is 13.1. The highest BCUT2D eigenvalue weighted by molar-refractivity contribution is 6.47. The molecule has 9 heteroatoms. The van der Waals surface area contributed by atoms with E-state index in [9.17, 15) is 18.8 Å². The van der Waals surface area contributed by atoms with Crippen molar-refractivity contribution in [2.75, 3.05) is 13.1 Å². The molecule has 0 saturated heterocycles. The van der Waals surface area contributed by atoms with E-state index in [1.54, 1.807) is 30.3 Å². The third-order valence-electron chi connectivity index (χ3n) is 7.56. The molecule has 1 aliphatic heterocycles. The van der Waals surface area contributed by atoms with Gasteiger partial charge < -0.3 is 15.3 Å². The minimum absolute atomic E-state index is 0.0640. The predicted octanol–water partition coefficient (Wildman–Crippen LogP) is 5.18. The standard InChI is InChI=1S/C29H33ClFN3O4/c1-29(23-5-3-2-4-6-23)33-26(22-15-20(18-31)16-24(30)17-22)28(38)34(29)14-12-19-7-9-21(10-8-19)27(37)32-13-11-25(35)36/h7-10,15-17,23H,2-6,11-14,18H2,1H3,(H,32,37)(H,35,36). The van der Waals surface area contributed by atoms with Crippen molar-refractivity contribution < 1.29 is 23.9 Å². The quantitative estimate of drug-likeness (QED) is 0.432. The minimum atomic E-state index is -0.970. The molecular formula is C29H33ClFN3O4. The highest BCUT2D eigenvalue weighted by Crippen LogP contribution is 2.41. The van der Waals surface area contributed by atoms with Crippen molar-refractivity contribution in [3.63, 3.8) is 0 Å². The number of halogens is 2. The van der Waals surface area contributed by atoms with Crippen molar-refractivity contribution >= 4 is 35.1 Å². The van der Waals surface area contributed by atoms with Crippen LogP contribution in [0.25, 0.3) is 0 Å². The fourth-order valence-electron chi connectivity index (χ4n) is 5.46. The zero-order chi connectivity index (χ0) is 27.3. The van der Waals surface area contributed by atoms with Crippen molar-refractivity contribution in [1.29, 1.82) is 0 Å². The van der Waals surface area contributed by atoms with Crippen molar-refractivity contribution in [3.8, 4) is 0 Å².